The number of ether oxygens (including phenoxy) is 2. The van der Waals surface area contributed by atoms with Crippen LogP contribution in [0.1, 0.15) is 32.3 Å². The van der Waals surface area contributed by atoms with Crippen molar-refractivity contribution in [2.75, 3.05) is 39.2 Å². The van der Waals surface area contributed by atoms with Crippen molar-refractivity contribution in [3.63, 3.8) is 0 Å². The van der Waals surface area contributed by atoms with Crippen molar-refractivity contribution in [1.29, 1.82) is 0 Å². The van der Waals surface area contributed by atoms with Gasteiger partial charge in [0.2, 0.25) is 0 Å². The Morgan fingerprint density at radius 3 is 2.28 bits per heavy atom. The van der Waals surface area contributed by atoms with E-state index in [1.807, 2.05) is 81.4 Å². The van der Waals surface area contributed by atoms with Crippen LogP contribution in [-0.4, -0.2) is 57.2 Å². The van der Waals surface area contributed by atoms with Gasteiger partial charge < -0.3 is 19.3 Å². The minimum absolute atomic E-state index is 0.228. The van der Waals surface area contributed by atoms with Crippen molar-refractivity contribution in [2.24, 2.45) is 0 Å². The maximum Gasteiger partial charge on any atom is 0.338 e. The summed E-state index contributed by atoms with van der Waals surface area (Å²) in [6, 6.07) is 20.9. The zero-order valence-corrected chi connectivity index (χ0v) is 22.2. The molecule has 0 radical (unpaired) electrons. The molecule has 0 aliphatic carbocycles. The number of anilines is 1. The van der Waals surface area contributed by atoms with Crippen molar-refractivity contribution in [2.45, 2.75) is 30.1 Å². The number of rotatable bonds is 7. The topological polar surface area (TPSA) is 59.1 Å². The number of hydrogen-bond donors (Lipinski definition) is 0. The van der Waals surface area contributed by atoms with Gasteiger partial charge in [-0.3, -0.25) is 4.79 Å². The van der Waals surface area contributed by atoms with Gasteiger partial charge in [-0.05, 0) is 75.5 Å². The van der Waals surface area contributed by atoms with Gasteiger partial charge in [0, 0.05) is 18.0 Å². The Kier molecular flexibility index (Phi) is 8.01. The number of amides is 1. The minimum atomic E-state index is -1.01. The molecule has 2 atom stereocenters. The molecule has 0 N–H and O–H groups in total. The molecule has 36 heavy (non-hydrogen) atoms. The van der Waals surface area contributed by atoms with Gasteiger partial charge in [-0.25, -0.2) is 4.79 Å². The van der Waals surface area contributed by atoms with Crippen molar-refractivity contribution in [3.8, 4) is 5.75 Å². The van der Waals surface area contributed by atoms with Crippen LogP contribution in [0.5, 0.6) is 5.75 Å². The van der Waals surface area contributed by atoms with E-state index in [4.69, 9.17) is 9.47 Å². The molecular formula is C29H32N2O4S. The van der Waals surface area contributed by atoms with Crippen LogP contribution in [0, 0.1) is 13.8 Å². The number of carbonyl (C=O) groups excluding carboxylic acids is 2. The van der Waals surface area contributed by atoms with Crippen molar-refractivity contribution in [3.05, 3.63) is 89.0 Å². The van der Waals surface area contributed by atoms with Gasteiger partial charge in [0.1, 0.15) is 5.75 Å². The molecule has 0 saturated carbocycles. The number of nitrogens with zero attached hydrogens (tertiary/aromatic N) is 2. The Bertz CT molecular complexity index is 1230. The van der Waals surface area contributed by atoms with Gasteiger partial charge in [0.15, 0.2) is 6.10 Å². The molecule has 0 bridgehead atoms. The molecule has 1 heterocycles. The number of fused-ring (bicyclic) bond motifs is 1. The Morgan fingerprint density at radius 1 is 0.972 bits per heavy atom. The summed E-state index contributed by atoms with van der Waals surface area (Å²) in [6.07, 6.45) is -1.01. The second-order valence-corrected chi connectivity index (χ2v) is 10.5. The summed E-state index contributed by atoms with van der Waals surface area (Å²) in [7, 11) is 5.57. The van der Waals surface area contributed by atoms with E-state index in [0.29, 0.717) is 18.7 Å². The Morgan fingerprint density at radius 2 is 1.64 bits per heavy atom. The molecule has 188 valence electrons. The normalized spacial score (nSPS) is 17.5. The van der Waals surface area contributed by atoms with Crippen molar-refractivity contribution < 1.29 is 19.1 Å². The molecule has 3 aromatic rings. The average Bonchev–Trinajstić information content (AvgIpc) is 2.97. The number of aryl methyl sites for hydroxylation is 2. The standard InChI is InChI=1S/C29H32N2O4S/c1-19-6-9-22(10-7-19)29(33)35-26-27(21-11-13-23(34-5)14-12-21)36-25-18-20(2)8-15-24(25)31(28(26)32)17-16-30(3)4/h6-15,18,26-27H,16-17H2,1-5H3/t26-,27+/m0/s1. The lowest BCUT2D eigenvalue weighted by molar-refractivity contribution is -0.127. The second-order valence-electron chi connectivity index (χ2n) is 9.27. The second kappa shape index (κ2) is 11.2. The number of thioether (sulfide) groups is 1. The highest BCUT2D eigenvalue weighted by atomic mass is 32.2. The number of esters is 1. The monoisotopic (exact) mass is 504 g/mol. The lowest BCUT2D eigenvalue weighted by Gasteiger charge is -2.28. The van der Waals surface area contributed by atoms with E-state index in [1.54, 1.807) is 35.9 Å². The molecule has 0 spiro atoms. The minimum Gasteiger partial charge on any atom is -0.497 e. The molecule has 3 aromatic carbocycles. The fraction of sp³-hybridized carbons (Fsp3) is 0.310. The van der Waals surface area contributed by atoms with Crippen molar-refractivity contribution >= 4 is 29.3 Å². The maximum atomic E-state index is 14.1. The van der Waals surface area contributed by atoms with Crippen LogP contribution in [-0.2, 0) is 9.53 Å². The van der Waals surface area contributed by atoms with E-state index in [-0.39, 0.29) is 5.91 Å². The van der Waals surface area contributed by atoms with Crippen LogP contribution in [0.4, 0.5) is 5.69 Å². The van der Waals surface area contributed by atoms with E-state index in [2.05, 4.69) is 6.07 Å². The van der Waals surface area contributed by atoms with E-state index in [9.17, 15) is 9.59 Å². The summed E-state index contributed by atoms with van der Waals surface area (Å²) in [5.41, 5.74) is 4.29. The van der Waals surface area contributed by atoms with Crippen LogP contribution in [0.3, 0.4) is 0 Å². The third kappa shape index (κ3) is 5.74. The highest BCUT2D eigenvalue weighted by molar-refractivity contribution is 7.99. The predicted octanol–water partition coefficient (Wildman–Crippen LogP) is 5.28. The first-order chi connectivity index (χ1) is 17.3. The van der Waals surface area contributed by atoms with Crippen LogP contribution >= 0.6 is 11.8 Å². The SMILES string of the molecule is COc1ccc([C@H]2Sc3cc(C)ccc3N(CCN(C)C)C(=O)[C@H]2OC(=O)c2ccc(C)cc2)cc1. The Labute approximate surface area is 217 Å². The Hall–Kier alpha value is -3.29. The zero-order chi connectivity index (χ0) is 25.8. The molecular weight excluding hydrogens is 472 g/mol. The van der Waals surface area contributed by atoms with E-state index in [0.717, 1.165) is 33.0 Å². The number of hydrogen-bond acceptors (Lipinski definition) is 6. The quantitative estimate of drug-likeness (QED) is 0.408. The highest BCUT2D eigenvalue weighted by Crippen LogP contribution is 2.47. The first-order valence-electron chi connectivity index (χ1n) is 11.9. The first kappa shape index (κ1) is 25.8. The van der Waals surface area contributed by atoms with Gasteiger partial charge in [0.05, 0.1) is 23.6 Å². The lowest BCUT2D eigenvalue weighted by Crippen LogP contribution is -2.45. The van der Waals surface area contributed by atoms with E-state index in [1.165, 1.54) is 0 Å². The number of methoxy groups -OCH3 is 1. The number of benzene rings is 3. The van der Waals surface area contributed by atoms with Crippen LogP contribution in [0.25, 0.3) is 0 Å². The van der Waals surface area contributed by atoms with Gasteiger partial charge in [-0.15, -0.1) is 11.8 Å². The fourth-order valence-electron chi connectivity index (χ4n) is 4.09. The van der Waals surface area contributed by atoms with Crippen molar-refractivity contribution in [1.82, 2.24) is 4.90 Å². The Balaban J connectivity index is 1.78. The molecule has 1 amide bonds. The first-order valence-corrected chi connectivity index (χ1v) is 12.8. The summed E-state index contributed by atoms with van der Waals surface area (Å²) in [5, 5.41) is -0.428. The van der Waals surface area contributed by atoms with E-state index >= 15 is 0 Å². The molecule has 7 heteroatoms. The van der Waals surface area contributed by atoms with Crippen LogP contribution in [0.2, 0.25) is 0 Å². The predicted molar refractivity (Wildman–Crippen MR) is 144 cm³/mol. The van der Waals surface area contributed by atoms with Crippen LogP contribution < -0.4 is 9.64 Å². The maximum absolute atomic E-state index is 14.1. The summed E-state index contributed by atoms with van der Waals surface area (Å²) < 4.78 is 11.4. The molecule has 6 nitrogen and oxygen atoms in total. The lowest BCUT2D eigenvalue weighted by atomic mass is 10.0. The number of likely N-dealkylation sites (N-methyl/N-ethyl adjacent to an activating group) is 1. The van der Waals surface area contributed by atoms with Crippen LogP contribution in [0.15, 0.2) is 71.6 Å². The van der Waals surface area contributed by atoms with Gasteiger partial charge >= 0.3 is 5.97 Å². The van der Waals surface area contributed by atoms with Gasteiger partial charge in [-0.2, -0.15) is 0 Å². The average molecular weight is 505 g/mol. The largest absolute Gasteiger partial charge is 0.497 e. The fourth-order valence-corrected chi connectivity index (χ4v) is 5.51. The van der Waals surface area contributed by atoms with E-state index < -0.39 is 17.3 Å². The molecule has 0 fully saturated rings. The summed E-state index contributed by atoms with van der Waals surface area (Å²) in [5.74, 6) is -0.0175. The van der Waals surface area contributed by atoms with Gasteiger partial charge in [-0.1, -0.05) is 35.9 Å². The molecule has 1 aliphatic rings. The summed E-state index contributed by atoms with van der Waals surface area (Å²) in [6.45, 7) is 5.16. The zero-order valence-electron chi connectivity index (χ0n) is 21.4. The van der Waals surface area contributed by atoms with Gasteiger partial charge in [0.25, 0.3) is 5.91 Å². The smallest absolute Gasteiger partial charge is 0.338 e. The highest BCUT2D eigenvalue weighted by Gasteiger charge is 2.41. The molecule has 0 aromatic heterocycles. The third-order valence-electron chi connectivity index (χ3n) is 6.18. The summed E-state index contributed by atoms with van der Waals surface area (Å²) >= 11 is 1.55. The molecule has 0 unspecified atom stereocenters. The molecule has 4 rings (SSSR count). The number of carbonyl (C=O) groups is 2. The summed E-state index contributed by atoms with van der Waals surface area (Å²) in [4.78, 5) is 32.1. The molecule has 1 aliphatic heterocycles. The third-order valence-corrected chi connectivity index (χ3v) is 7.54. The molecule has 0 saturated heterocycles.